The zero-order valence-electron chi connectivity index (χ0n) is 6.85. The predicted octanol–water partition coefficient (Wildman–Crippen LogP) is 0.807. The third-order valence-corrected chi connectivity index (χ3v) is 4.99. The van der Waals surface area contributed by atoms with Gasteiger partial charge in [0.1, 0.15) is 0 Å². The van der Waals surface area contributed by atoms with Gasteiger partial charge in [0.2, 0.25) is 0 Å². The standard InChI is InChI=1S/C10H12O2/c1-4-3-2-6-10(11-6)7(3)5(1)9-8(4)12-9/h3-10H,1-2H2/t3-,4+,5-,6-,7+,8+,9+,10-/m0/s1. The maximum absolute atomic E-state index is 5.69. The largest absolute Gasteiger partial charge is 0.369 e. The Kier molecular flexibility index (Phi) is 0.644. The van der Waals surface area contributed by atoms with E-state index in [4.69, 9.17) is 9.47 Å². The maximum atomic E-state index is 5.69. The van der Waals surface area contributed by atoms with Crippen LogP contribution in [0, 0.1) is 23.7 Å². The van der Waals surface area contributed by atoms with Crippen molar-refractivity contribution in [2.75, 3.05) is 0 Å². The van der Waals surface area contributed by atoms with Gasteiger partial charge in [0.25, 0.3) is 0 Å². The highest BCUT2D eigenvalue weighted by molar-refractivity contribution is 5.21. The molecular weight excluding hydrogens is 152 g/mol. The molecule has 8 atom stereocenters. The van der Waals surface area contributed by atoms with Crippen molar-refractivity contribution in [1.82, 2.24) is 0 Å². The van der Waals surface area contributed by atoms with Crippen LogP contribution in [0.25, 0.3) is 0 Å². The molecule has 2 saturated heterocycles. The van der Waals surface area contributed by atoms with E-state index < -0.39 is 0 Å². The van der Waals surface area contributed by atoms with E-state index >= 15 is 0 Å². The second-order valence-electron chi connectivity index (χ2n) is 5.24. The van der Waals surface area contributed by atoms with Gasteiger partial charge in [0.15, 0.2) is 0 Å². The minimum absolute atomic E-state index is 0.676. The fourth-order valence-corrected chi connectivity index (χ4v) is 4.58. The SMILES string of the molecule is C1[C@@H]2[C@@H]3C[C@@H]4O[C@@H]4[C@H]3[C@H]1[C@H]1O[C@H]21. The monoisotopic (exact) mass is 164 g/mol. The third kappa shape index (κ3) is 0.409. The van der Waals surface area contributed by atoms with Crippen LogP contribution in [0.4, 0.5) is 0 Å². The highest BCUT2D eigenvalue weighted by Gasteiger charge is 2.74. The Morgan fingerprint density at radius 2 is 1.67 bits per heavy atom. The normalized spacial score (nSPS) is 80.0. The van der Waals surface area contributed by atoms with Gasteiger partial charge in [-0.25, -0.2) is 0 Å². The van der Waals surface area contributed by atoms with Crippen molar-refractivity contribution in [2.24, 2.45) is 23.7 Å². The van der Waals surface area contributed by atoms with Crippen LogP contribution in [-0.2, 0) is 9.47 Å². The first kappa shape index (κ1) is 5.61. The maximum Gasteiger partial charge on any atom is 0.0876 e. The molecule has 3 aliphatic carbocycles. The van der Waals surface area contributed by atoms with Gasteiger partial charge in [-0.15, -0.1) is 0 Å². The lowest BCUT2D eigenvalue weighted by atomic mass is 9.81. The number of epoxide rings is 2. The van der Waals surface area contributed by atoms with Crippen LogP contribution in [0.2, 0.25) is 0 Å². The van der Waals surface area contributed by atoms with E-state index in [0.29, 0.717) is 24.4 Å². The van der Waals surface area contributed by atoms with Gasteiger partial charge >= 0.3 is 0 Å². The van der Waals surface area contributed by atoms with E-state index in [1.807, 2.05) is 0 Å². The average Bonchev–Trinajstić information content (AvgIpc) is 2.92. The van der Waals surface area contributed by atoms with Gasteiger partial charge in [-0.05, 0) is 36.5 Å². The first-order valence-corrected chi connectivity index (χ1v) is 5.24. The molecule has 5 aliphatic rings. The summed E-state index contributed by atoms with van der Waals surface area (Å²) in [6.07, 6.45) is 5.58. The lowest BCUT2D eigenvalue weighted by Gasteiger charge is -2.22. The molecule has 0 unspecified atom stereocenters. The van der Waals surface area contributed by atoms with Gasteiger partial charge in [0.05, 0.1) is 24.4 Å². The Morgan fingerprint density at radius 1 is 0.750 bits per heavy atom. The van der Waals surface area contributed by atoms with Crippen molar-refractivity contribution in [3.63, 3.8) is 0 Å². The Balaban J connectivity index is 1.66. The van der Waals surface area contributed by atoms with E-state index in [9.17, 15) is 0 Å². The van der Waals surface area contributed by atoms with Gasteiger partial charge in [-0.1, -0.05) is 0 Å². The van der Waals surface area contributed by atoms with E-state index in [1.165, 1.54) is 12.8 Å². The number of rotatable bonds is 0. The van der Waals surface area contributed by atoms with E-state index in [0.717, 1.165) is 23.7 Å². The number of fused-ring (bicyclic) bond motifs is 10. The number of hydrogen-bond acceptors (Lipinski definition) is 2. The van der Waals surface area contributed by atoms with Crippen LogP contribution < -0.4 is 0 Å². The number of hydrogen-bond donors (Lipinski definition) is 0. The molecule has 0 aromatic heterocycles. The zero-order valence-corrected chi connectivity index (χ0v) is 6.85. The van der Waals surface area contributed by atoms with Crippen molar-refractivity contribution >= 4 is 0 Å². The average molecular weight is 164 g/mol. The van der Waals surface area contributed by atoms with Crippen LogP contribution in [0.15, 0.2) is 0 Å². The van der Waals surface area contributed by atoms with E-state index in [1.54, 1.807) is 0 Å². The molecule has 0 aromatic rings. The summed E-state index contributed by atoms with van der Waals surface area (Å²) in [4.78, 5) is 0. The summed E-state index contributed by atoms with van der Waals surface area (Å²) in [6, 6.07) is 0. The summed E-state index contributed by atoms with van der Waals surface area (Å²) >= 11 is 0. The summed E-state index contributed by atoms with van der Waals surface area (Å²) in [7, 11) is 0. The van der Waals surface area contributed by atoms with Gasteiger partial charge in [-0.3, -0.25) is 0 Å². The van der Waals surface area contributed by atoms with Crippen molar-refractivity contribution in [2.45, 2.75) is 37.3 Å². The van der Waals surface area contributed by atoms with Crippen LogP contribution in [0.5, 0.6) is 0 Å². The number of ether oxygens (including phenoxy) is 2. The van der Waals surface area contributed by atoms with Crippen LogP contribution in [0.1, 0.15) is 12.8 Å². The topological polar surface area (TPSA) is 25.1 Å². The van der Waals surface area contributed by atoms with E-state index in [-0.39, 0.29) is 0 Å². The Hall–Kier alpha value is -0.0800. The van der Waals surface area contributed by atoms with Gasteiger partial charge in [0, 0.05) is 0 Å². The molecule has 0 radical (unpaired) electrons. The van der Waals surface area contributed by atoms with Crippen molar-refractivity contribution in [1.29, 1.82) is 0 Å². The summed E-state index contributed by atoms with van der Waals surface area (Å²) in [5.41, 5.74) is 0. The molecule has 2 aliphatic heterocycles. The molecule has 2 nitrogen and oxygen atoms in total. The molecule has 0 aromatic carbocycles. The molecule has 0 spiro atoms. The summed E-state index contributed by atoms with van der Waals surface area (Å²) in [5, 5.41) is 0. The second-order valence-corrected chi connectivity index (χ2v) is 5.24. The minimum Gasteiger partial charge on any atom is -0.369 e. The Morgan fingerprint density at radius 3 is 2.67 bits per heavy atom. The molecule has 5 fully saturated rings. The third-order valence-electron chi connectivity index (χ3n) is 4.99. The highest BCUT2D eigenvalue weighted by atomic mass is 16.6. The fraction of sp³-hybridized carbons (Fsp3) is 1.00. The molecule has 5 rings (SSSR count). The smallest absolute Gasteiger partial charge is 0.0876 e. The van der Waals surface area contributed by atoms with Crippen molar-refractivity contribution in [3.05, 3.63) is 0 Å². The quantitative estimate of drug-likeness (QED) is 0.495. The Labute approximate surface area is 71.2 Å². The van der Waals surface area contributed by atoms with E-state index in [2.05, 4.69) is 0 Å². The first-order chi connectivity index (χ1) is 5.93. The molecule has 2 heterocycles. The fourth-order valence-electron chi connectivity index (χ4n) is 4.58. The molecular formula is C10H12O2. The molecule has 0 N–H and O–H groups in total. The molecule has 3 saturated carbocycles. The summed E-state index contributed by atoms with van der Waals surface area (Å²) in [6.45, 7) is 0. The summed E-state index contributed by atoms with van der Waals surface area (Å²) < 4.78 is 11.3. The van der Waals surface area contributed by atoms with Crippen LogP contribution in [-0.4, -0.2) is 24.4 Å². The summed E-state index contributed by atoms with van der Waals surface area (Å²) in [5.74, 6) is 3.77. The zero-order chi connectivity index (χ0) is 7.45. The molecule has 12 heavy (non-hydrogen) atoms. The molecule has 64 valence electrons. The Bertz CT molecular complexity index is 273. The highest BCUT2D eigenvalue weighted by Crippen LogP contribution is 2.69. The second kappa shape index (κ2) is 1.38. The lowest BCUT2D eigenvalue weighted by Crippen LogP contribution is -2.27. The van der Waals surface area contributed by atoms with Crippen LogP contribution in [0.3, 0.4) is 0 Å². The van der Waals surface area contributed by atoms with Gasteiger partial charge < -0.3 is 9.47 Å². The van der Waals surface area contributed by atoms with Crippen molar-refractivity contribution < 1.29 is 9.47 Å². The minimum atomic E-state index is 0.676. The molecule has 0 amide bonds. The van der Waals surface area contributed by atoms with Crippen LogP contribution >= 0.6 is 0 Å². The van der Waals surface area contributed by atoms with Gasteiger partial charge in [-0.2, -0.15) is 0 Å². The lowest BCUT2D eigenvalue weighted by molar-refractivity contribution is 0.162. The molecule has 2 heteroatoms. The van der Waals surface area contributed by atoms with Crippen molar-refractivity contribution in [3.8, 4) is 0 Å². The molecule has 2 bridgehead atoms. The first-order valence-electron chi connectivity index (χ1n) is 5.24. The predicted molar refractivity (Wildman–Crippen MR) is 40.5 cm³/mol.